The number of aromatic nitrogens is 6. The van der Waals surface area contributed by atoms with E-state index < -0.39 is 0 Å². The van der Waals surface area contributed by atoms with Gasteiger partial charge in [-0.1, -0.05) is 12.1 Å². The molecule has 0 atom stereocenters. The number of H-pyrrole nitrogens is 1. The summed E-state index contributed by atoms with van der Waals surface area (Å²) in [5, 5.41) is 5.27. The molecule has 1 N–H and O–H groups in total. The molecule has 178 valence electrons. The summed E-state index contributed by atoms with van der Waals surface area (Å²) in [5.74, 6) is 0.543. The Kier molecular flexibility index (Phi) is 5.80. The van der Waals surface area contributed by atoms with Crippen LogP contribution in [0.1, 0.15) is 36.8 Å². The first-order valence-electron chi connectivity index (χ1n) is 11.6. The molecule has 0 unspecified atom stereocenters. The number of fused-ring (bicyclic) bond motifs is 1. The number of benzene rings is 2. The smallest absolute Gasteiger partial charge is 0.260 e. The summed E-state index contributed by atoms with van der Waals surface area (Å²) in [6.45, 7) is 6.03. The van der Waals surface area contributed by atoms with Crippen molar-refractivity contribution < 1.29 is 4.39 Å². The number of nitrogens with zero attached hydrogens (tertiary/aromatic N) is 5. The van der Waals surface area contributed by atoms with Crippen LogP contribution in [0.4, 0.5) is 4.39 Å². The SMILES string of the molecule is Cc1cc(F)cc(CCc2nc(-c3ccc4ncn(C)c(=O)c4c3)c(-c3ccn(C(C)C)n3)[nH]2)c1. The van der Waals surface area contributed by atoms with Gasteiger partial charge in [0.1, 0.15) is 17.3 Å². The molecule has 7 nitrogen and oxygen atoms in total. The van der Waals surface area contributed by atoms with Crippen LogP contribution in [0.25, 0.3) is 33.5 Å². The maximum atomic E-state index is 13.9. The van der Waals surface area contributed by atoms with Crippen LogP contribution in [0.2, 0.25) is 0 Å². The van der Waals surface area contributed by atoms with Crippen LogP contribution >= 0.6 is 0 Å². The van der Waals surface area contributed by atoms with Crippen molar-refractivity contribution in [3.05, 3.63) is 88.1 Å². The highest BCUT2D eigenvalue weighted by Gasteiger charge is 2.18. The monoisotopic (exact) mass is 470 g/mol. The highest BCUT2D eigenvalue weighted by Crippen LogP contribution is 2.31. The molecule has 8 heteroatoms. The molecule has 0 bridgehead atoms. The molecule has 0 aliphatic carbocycles. The van der Waals surface area contributed by atoms with Crippen molar-refractivity contribution >= 4 is 10.9 Å². The van der Waals surface area contributed by atoms with Crippen molar-refractivity contribution in [2.24, 2.45) is 7.05 Å². The zero-order valence-corrected chi connectivity index (χ0v) is 20.2. The van der Waals surface area contributed by atoms with Gasteiger partial charge in [-0.05, 0) is 68.7 Å². The van der Waals surface area contributed by atoms with E-state index in [0.717, 1.165) is 39.6 Å². The van der Waals surface area contributed by atoms with Crippen LogP contribution in [-0.2, 0) is 19.9 Å². The summed E-state index contributed by atoms with van der Waals surface area (Å²) in [7, 11) is 1.69. The summed E-state index contributed by atoms with van der Waals surface area (Å²) in [6.07, 6.45) is 4.72. The second kappa shape index (κ2) is 8.94. The maximum absolute atomic E-state index is 13.9. The van der Waals surface area contributed by atoms with Gasteiger partial charge < -0.3 is 9.55 Å². The second-order valence-corrected chi connectivity index (χ2v) is 9.21. The van der Waals surface area contributed by atoms with Gasteiger partial charge in [-0.2, -0.15) is 5.10 Å². The molecule has 3 aromatic heterocycles. The molecular weight excluding hydrogens is 443 g/mol. The van der Waals surface area contributed by atoms with Crippen molar-refractivity contribution in [2.75, 3.05) is 0 Å². The first-order chi connectivity index (χ1) is 16.8. The molecule has 0 spiro atoms. The average molecular weight is 471 g/mol. The Hall–Kier alpha value is -4.07. The standard InChI is InChI=1S/C27H27FN6O/c1-16(2)34-10-9-23(32-34)26-25(19-6-7-22-21(14-19)27(35)33(4)15-29-22)30-24(31-26)8-5-18-11-17(3)12-20(28)13-18/h6-7,9-16H,5,8H2,1-4H3,(H,30,31). The van der Waals surface area contributed by atoms with E-state index in [1.54, 1.807) is 13.1 Å². The van der Waals surface area contributed by atoms with Gasteiger partial charge in [0.15, 0.2) is 0 Å². The van der Waals surface area contributed by atoms with E-state index in [4.69, 9.17) is 10.1 Å². The van der Waals surface area contributed by atoms with E-state index in [-0.39, 0.29) is 17.4 Å². The second-order valence-electron chi connectivity index (χ2n) is 9.21. The Balaban J connectivity index is 1.58. The van der Waals surface area contributed by atoms with Crippen LogP contribution in [0.15, 0.2) is 59.8 Å². The molecular formula is C27H27FN6O. The molecule has 0 saturated heterocycles. The number of nitrogens with one attached hydrogen (secondary N) is 1. The molecule has 2 aromatic carbocycles. The van der Waals surface area contributed by atoms with Crippen LogP contribution in [0.5, 0.6) is 0 Å². The third kappa shape index (κ3) is 4.51. The van der Waals surface area contributed by atoms with Gasteiger partial charge in [-0.3, -0.25) is 9.48 Å². The van der Waals surface area contributed by atoms with Gasteiger partial charge in [0.2, 0.25) is 0 Å². The fourth-order valence-electron chi connectivity index (χ4n) is 4.27. The zero-order valence-electron chi connectivity index (χ0n) is 20.2. The van der Waals surface area contributed by atoms with Gasteiger partial charge in [-0.15, -0.1) is 0 Å². The number of hydrogen-bond acceptors (Lipinski definition) is 4. The van der Waals surface area contributed by atoms with Crippen molar-refractivity contribution in [3.63, 3.8) is 0 Å². The highest BCUT2D eigenvalue weighted by molar-refractivity contribution is 5.86. The van der Waals surface area contributed by atoms with E-state index in [1.807, 2.05) is 48.1 Å². The van der Waals surface area contributed by atoms with Crippen molar-refractivity contribution in [2.45, 2.75) is 39.7 Å². The lowest BCUT2D eigenvalue weighted by atomic mass is 10.1. The van der Waals surface area contributed by atoms with Gasteiger partial charge in [0, 0.05) is 31.3 Å². The normalized spacial score (nSPS) is 11.6. The summed E-state index contributed by atoms with van der Waals surface area (Å²) in [4.78, 5) is 25.4. The van der Waals surface area contributed by atoms with E-state index >= 15 is 0 Å². The predicted octanol–water partition coefficient (Wildman–Crippen LogP) is 5.00. The molecule has 0 radical (unpaired) electrons. The van der Waals surface area contributed by atoms with Crippen molar-refractivity contribution in [1.29, 1.82) is 0 Å². The third-order valence-electron chi connectivity index (χ3n) is 6.09. The molecule has 5 rings (SSSR count). The van der Waals surface area contributed by atoms with Gasteiger partial charge in [0.05, 0.1) is 28.6 Å². The minimum absolute atomic E-state index is 0.111. The van der Waals surface area contributed by atoms with E-state index in [9.17, 15) is 9.18 Å². The molecule has 5 aromatic rings. The van der Waals surface area contributed by atoms with E-state index in [1.165, 1.54) is 17.0 Å². The number of halogens is 1. The first kappa shape index (κ1) is 22.7. The first-order valence-corrected chi connectivity index (χ1v) is 11.6. The highest BCUT2D eigenvalue weighted by atomic mass is 19.1. The Labute approximate surface area is 202 Å². The lowest BCUT2D eigenvalue weighted by Crippen LogP contribution is -2.16. The Morgan fingerprint density at radius 1 is 1.09 bits per heavy atom. The van der Waals surface area contributed by atoms with E-state index in [2.05, 4.69) is 23.8 Å². The van der Waals surface area contributed by atoms with Gasteiger partial charge in [0.25, 0.3) is 5.56 Å². The Morgan fingerprint density at radius 3 is 2.66 bits per heavy atom. The summed E-state index contributed by atoms with van der Waals surface area (Å²) in [5.41, 5.74) is 5.43. The fraction of sp³-hybridized carbons (Fsp3) is 0.259. The molecule has 3 heterocycles. The van der Waals surface area contributed by atoms with Crippen molar-refractivity contribution in [3.8, 4) is 22.6 Å². The largest absolute Gasteiger partial charge is 0.340 e. The molecule has 0 aliphatic heterocycles. The molecule has 0 aliphatic rings. The van der Waals surface area contributed by atoms with Crippen LogP contribution in [0, 0.1) is 12.7 Å². The maximum Gasteiger partial charge on any atom is 0.260 e. The number of rotatable bonds is 6. The van der Waals surface area contributed by atoms with E-state index in [0.29, 0.717) is 23.7 Å². The van der Waals surface area contributed by atoms with Crippen LogP contribution in [-0.4, -0.2) is 29.3 Å². The van der Waals surface area contributed by atoms with Crippen LogP contribution < -0.4 is 5.56 Å². The quantitative estimate of drug-likeness (QED) is 0.379. The topological polar surface area (TPSA) is 81.4 Å². The van der Waals surface area contributed by atoms with Gasteiger partial charge >= 0.3 is 0 Å². The zero-order chi connectivity index (χ0) is 24.7. The lowest BCUT2D eigenvalue weighted by Gasteiger charge is -2.05. The average Bonchev–Trinajstić information content (AvgIpc) is 3.47. The number of aromatic amines is 1. The minimum Gasteiger partial charge on any atom is -0.340 e. The minimum atomic E-state index is -0.230. The Bertz CT molecular complexity index is 1570. The van der Waals surface area contributed by atoms with Crippen LogP contribution in [0.3, 0.4) is 0 Å². The summed E-state index contributed by atoms with van der Waals surface area (Å²) >= 11 is 0. The molecule has 0 fully saturated rings. The number of aryl methyl sites for hydroxylation is 4. The third-order valence-corrected chi connectivity index (χ3v) is 6.09. The molecule has 35 heavy (non-hydrogen) atoms. The predicted molar refractivity (Wildman–Crippen MR) is 135 cm³/mol. The lowest BCUT2D eigenvalue weighted by molar-refractivity contribution is 0.534. The van der Waals surface area contributed by atoms with Gasteiger partial charge in [-0.25, -0.2) is 14.4 Å². The fourth-order valence-corrected chi connectivity index (χ4v) is 4.27. The Morgan fingerprint density at radius 2 is 1.91 bits per heavy atom. The molecule has 0 saturated carbocycles. The number of hydrogen-bond donors (Lipinski definition) is 1. The number of imidazole rings is 1. The summed E-state index contributed by atoms with van der Waals surface area (Å²) in [6, 6.07) is 12.9. The summed E-state index contributed by atoms with van der Waals surface area (Å²) < 4.78 is 17.2. The van der Waals surface area contributed by atoms with Crippen molar-refractivity contribution in [1.82, 2.24) is 29.3 Å². The molecule has 0 amide bonds.